The van der Waals surface area contributed by atoms with Crippen LogP contribution in [0.25, 0.3) is 0 Å². The zero-order valence-corrected chi connectivity index (χ0v) is 9.31. The highest BCUT2D eigenvalue weighted by Crippen LogP contribution is 2.49. The van der Waals surface area contributed by atoms with Crippen molar-refractivity contribution in [2.75, 3.05) is 0 Å². The van der Waals surface area contributed by atoms with Gasteiger partial charge in [0.05, 0.1) is 0 Å². The van der Waals surface area contributed by atoms with Gasteiger partial charge in [0, 0.05) is 0 Å². The maximum absolute atomic E-state index is 2.56. The first-order valence-electron chi connectivity index (χ1n) is 6.21. The molecule has 0 heteroatoms. The van der Waals surface area contributed by atoms with Crippen molar-refractivity contribution < 1.29 is 0 Å². The summed E-state index contributed by atoms with van der Waals surface area (Å²) in [6.45, 7) is 5.02. The normalized spacial score (nSPS) is 46.6. The van der Waals surface area contributed by atoms with Gasteiger partial charge in [-0.1, -0.05) is 39.5 Å². The second-order valence-corrected chi connectivity index (χ2v) is 5.83. The Bertz CT molecular complexity index is 173. The topological polar surface area (TPSA) is 0 Å². The fraction of sp³-hybridized carbons (Fsp3) is 1.00. The highest BCUT2D eigenvalue weighted by Gasteiger charge is 2.38. The summed E-state index contributed by atoms with van der Waals surface area (Å²) in [6.07, 6.45) is 12.1. The molecule has 0 radical (unpaired) electrons. The zero-order chi connectivity index (χ0) is 9.31. The Morgan fingerprint density at radius 2 is 1.77 bits per heavy atom. The van der Waals surface area contributed by atoms with Crippen molar-refractivity contribution in [3.05, 3.63) is 0 Å². The van der Waals surface area contributed by atoms with E-state index in [-0.39, 0.29) is 0 Å². The van der Waals surface area contributed by atoms with Gasteiger partial charge in [-0.25, -0.2) is 0 Å². The summed E-state index contributed by atoms with van der Waals surface area (Å²) in [5, 5.41) is 0. The van der Waals surface area contributed by atoms with Gasteiger partial charge in [-0.15, -0.1) is 0 Å². The SMILES string of the molecule is C[C@H]1CCC[C@]2(C)CCCCC2C1. The molecule has 0 aliphatic heterocycles. The molecule has 0 amide bonds. The molecule has 2 fully saturated rings. The fourth-order valence-corrected chi connectivity index (χ4v) is 3.66. The van der Waals surface area contributed by atoms with Crippen molar-refractivity contribution in [2.24, 2.45) is 17.3 Å². The van der Waals surface area contributed by atoms with E-state index in [0.29, 0.717) is 0 Å². The summed E-state index contributed by atoms with van der Waals surface area (Å²) in [5.74, 6) is 2.07. The first kappa shape index (κ1) is 9.55. The predicted molar refractivity (Wildman–Crippen MR) is 57.7 cm³/mol. The number of fused-ring (bicyclic) bond motifs is 1. The van der Waals surface area contributed by atoms with Crippen LogP contribution in [0.4, 0.5) is 0 Å². The van der Waals surface area contributed by atoms with Crippen molar-refractivity contribution in [3.63, 3.8) is 0 Å². The number of hydrogen-bond donors (Lipinski definition) is 0. The average molecular weight is 180 g/mol. The maximum atomic E-state index is 2.56. The highest BCUT2D eigenvalue weighted by molar-refractivity contribution is 4.89. The third-order valence-electron chi connectivity index (χ3n) is 4.67. The van der Waals surface area contributed by atoms with Gasteiger partial charge >= 0.3 is 0 Å². The molecular weight excluding hydrogens is 156 g/mol. The van der Waals surface area contributed by atoms with Gasteiger partial charge in [-0.2, -0.15) is 0 Å². The smallest absolute Gasteiger partial charge is 0.0297 e. The zero-order valence-electron chi connectivity index (χ0n) is 9.31. The van der Waals surface area contributed by atoms with Crippen LogP contribution in [0.3, 0.4) is 0 Å². The lowest BCUT2D eigenvalue weighted by Crippen LogP contribution is -2.30. The van der Waals surface area contributed by atoms with E-state index in [1.807, 2.05) is 0 Å². The van der Waals surface area contributed by atoms with Gasteiger partial charge in [0.1, 0.15) is 0 Å². The van der Waals surface area contributed by atoms with Crippen LogP contribution in [-0.4, -0.2) is 0 Å². The quantitative estimate of drug-likeness (QED) is 0.518. The standard InChI is InChI=1S/C13H24/c1-11-6-5-9-13(2)8-4-3-7-12(13)10-11/h11-12H,3-10H2,1-2H3/t11-,12?,13-/m0/s1. The Morgan fingerprint density at radius 3 is 2.62 bits per heavy atom. The molecule has 2 aliphatic carbocycles. The van der Waals surface area contributed by atoms with Crippen molar-refractivity contribution in [2.45, 2.75) is 65.2 Å². The second kappa shape index (κ2) is 3.63. The van der Waals surface area contributed by atoms with Crippen LogP contribution in [0.1, 0.15) is 65.2 Å². The molecule has 2 saturated carbocycles. The summed E-state index contributed by atoms with van der Waals surface area (Å²) in [4.78, 5) is 0. The molecule has 0 bridgehead atoms. The predicted octanol–water partition coefficient (Wildman–Crippen LogP) is 4.39. The second-order valence-electron chi connectivity index (χ2n) is 5.83. The van der Waals surface area contributed by atoms with Gasteiger partial charge in [-0.3, -0.25) is 0 Å². The van der Waals surface area contributed by atoms with E-state index in [4.69, 9.17) is 0 Å². The van der Waals surface area contributed by atoms with Crippen molar-refractivity contribution >= 4 is 0 Å². The monoisotopic (exact) mass is 180 g/mol. The molecule has 2 aliphatic rings. The molecule has 0 heterocycles. The van der Waals surface area contributed by atoms with Gasteiger partial charge in [0.15, 0.2) is 0 Å². The summed E-state index contributed by atoms with van der Waals surface area (Å²) >= 11 is 0. The van der Waals surface area contributed by atoms with Crippen LogP contribution in [0, 0.1) is 17.3 Å². The first-order chi connectivity index (χ1) is 6.21. The van der Waals surface area contributed by atoms with E-state index < -0.39 is 0 Å². The van der Waals surface area contributed by atoms with E-state index in [1.165, 1.54) is 51.4 Å². The average Bonchev–Trinajstić information content (AvgIpc) is 2.23. The van der Waals surface area contributed by atoms with Crippen LogP contribution in [0.2, 0.25) is 0 Å². The summed E-state index contributed by atoms with van der Waals surface area (Å²) in [5.41, 5.74) is 0.739. The first-order valence-corrected chi connectivity index (χ1v) is 6.21. The van der Waals surface area contributed by atoms with Crippen LogP contribution in [0.15, 0.2) is 0 Å². The molecule has 13 heavy (non-hydrogen) atoms. The minimum atomic E-state index is 0.739. The van der Waals surface area contributed by atoms with Crippen LogP contribution in [-0.2, 0) is 0 Å². The maximum Gasteiger partial charge on any atom is -0.0297 e. The summed E-state index contributed by atoms with van der Waals surface area (Å²) < 4.78 is 0. The van der Waals surface area contributed by atoms with Crippen molar-refractivity contribution in [1.29, 1.82) is 0 Å². The van der Waals surface area contributed by atoms with Gasteiger partial charge in [-0.05, 0) is 42.9 Å². The summed E-state index contributed by atoms with van der Waals surface area (Å²) in [6, 6.07) is 0. The number of hydrogen-bond acceptors (Lipinski definition) is 0. The molecule has 0 spiro atoms. The Morgan fingerprint density at radius 1 is 1.00 bits per heavy atom. The number of rotatable bonds is 0. The van der Waals surface area contributed by atoms with Crippen LogP contribution >= 0.6 is 0 Å². The minimum Gasteiger partial charge on any atom is -0.0625 e. The lowest BCUT2D eigenvalue weighted by atomic mass is 9.64. The molecule has 2 rings (SSSR count). The van der Waals surface area contributed by atoms with Gasteiger partial charge in [0.25, 0.3) is 0 Å². The van der Waals surface area contributed by atoms with Crippen LogP contribution < -0.4 is 0 Å². The molecule has 76 valence electrons. The molecule has 0 saturated heterocycles. The van der Waals surface area contributed by atoms with Crippen molar-refractivity contribution in [3.8, 4) is 0 Å². The van der Waals surface area contributed by atoms with E-state index >= 15 is 0 Å². The molecular formula is C13H24. The Labute approximate surface area is 83.1 Å². The minimum absolute atomic E-state index is 0.739. The van der Waals surface area contributed by atoms with E-state index in [1.54, 1.807) is 0 Å². The molecule has 0 nitrogen and oxygen atoms in total. The third kappa shape index (κ3) is 1.92. The molecule has 0 aromatic heterocycles. The van der Waals surface area contributed by atoms with Crippen LogP contribution in [0.5, 0.6) is 0 Å². The lowest BCUT2D eigenvalue weighted by molar-refractivity contribution is 0.100. The fourth-order valence-electron chi connectivity index (χ4n) is 3.66. The van der Waals surface area contributed by atoms with Gasteiger partial charge < -0.3 is 0 Å². The Kier molecular flexibility index (Phi) is 2.67. The molecule has 0 aromatic rings. The van der Waals surface area contributed by atoms with Gasteiger partial charge in [0.2, 0.25) is 0 Å². The molecule has 3 atom stereocenters. The Hall–Kier alpha value is 0. The van der Waals surface area contributed by atoms with E-state index in [0.717, 1.165) is 17.3 Å². The Balaban J connectivity index is 2.09. The largest absolute Gasteiger partial charge is 0.0625 e. The highest BCUT2D eigenvalue weighted by atomic mass is 14.4. The molecule has 0 aromatic carbocycles. The third-order valence-corrected chi connectivity index (χ3v) is 4.67. The van der Waals surface area contributed by atoms with E-state index in [9.17, 15) is 0 Å². The lowest BCUT2D eigenvalue weighted by Gasteiger charge is -2.41. The summed E-state index contributed by atoms with van der Waals surface area (Å²) in [7, 11) is 0. The molecule has 1 unspecified atom stereocenters. The van der Waals surface area contributed by atoms with Crippen molar-refractivity contribution in [1.82, 2.24) is 0 Å². The van der Waals surface area contributed by atoms with E-state index in [2.05, 4.69) is 13.8 Å². The molecule has 0 N–H and O–H groups in total.